The van der Waals surface area contributed by atoms with Crippen LogP contribution in [0, 0.1) is 11.6 Å². The fourth-order valence-electron chi connectivity index (χ4n) is 1.25. The summed E-state index contributed by atoms with van der Waals surface area (Å²) < 4.78 is 27.0. The number of aryl methyl sites for hydroxylation is 1. The van der Waals surface area contributed by atoms with Gasteiger partial charge in [0.15, 0.2) is 11.6 Å². The molecule has 0 unspecified atom stereocenters. The zero-order valence-corrected chi connectivity index (χ0v) is 7.29. The van der Waals surface area contributed by atoms with Crippen LogP contribution >= 0.6 is 0 Å². The minimum atomic E-state index is -1.12. The Hall–Kier alpha value is -1.78. The van der Waals surface area contributed by atoms with E-state index in [-0.39, 0.29) is 5.39 Å². The molecule has 0 fully saturated rings. The number of halogens is 2. The number of hydrogen-bond donors (Lipinski definition) is 0. The molecule has 1 aromatic carbocycles. The average molecular weight is 196 g/mol. The van der Waals surface area contributed by atoms with Gasteiger partial charge in [-0.15, -0.1) is 0 Å². The van der Waals surface area contributed by atoms with E-state index in [2.05, 4.69) is 5.10 Å². The molecule has 0 aliphatic heterocycles. The van der Waals surface area contributed by atoms with Crippen LogP contribution < -0.4 is 5.56 Å². The molecule has 0 aliphatic carbocycles. The Labute approximate surface area is 77.6 Å². The Kier molecular flexibility index (Phi) is 1.80. The average Bonchev–Trinajstić information content (AvgIpc) is 2.17. The highest BCUT2D eigenvalue weighted by Crippen LogP contribution is 2.15. The van der Waals surface area contributed by atoms with Crippen LogP contribution in [0.15, 0.2) is 23.1 Å². The molecule has 0 N–H and O–H groups in total. The van der Waals surface area contributed by atoms with Crippen LogP contribution in [0.2, 0.25) is 0 Å². The van der Waals surface area contributed by atoms with Gasteiger partial charge in [0.05, 0.1) is 11.6 Å². The van der Waals surface area contributed by atoms with Crippen molar-refractivity contribution in [2.24, 2.45) is 7.05 Å². The quantitative estimate of drug-likeness (QED) is 0.634. The Morgan fingerprint density at radius 3 is 2.79 bits per heavy atom. The Morgan fingerprint density at radius 2 is 2.07 bits per heavy atom. The zero-order chi connectivity index (χ0) is 10.3. The molecule has 0 spiro atoms. The van der Waals surface area contributed by atoms with E-state index in [0.717, 1.165) is 10.7 Å². The lowest BCUT2D eigenvalue weighted by molar-refractivity contribution is 0.515. The van der Waals surface area contributed by atoms with Crippen molar-refractivity contribution in [3.63, 3.8) is 0 Å². The van der Waals surface area contributed by atoms with E-state index >= 15 is 0 Å². The fourth-order valence-corrected chi connectivity index (χ4v) is 1.25. The molecule has 0 amide bonds. The van der Waals surface area contributed by atoms with Crippen LogP contribution in [0.3, 0.4) is 0 Å². The molecule has 2 rings (SSSR count). The highest BCUT2D eigenvalue weighted by Gasteiger charge is 2.11. The summed E-state index contributed by atoms with van der Waals surface area (Å²) in [5.74, 6) is -2.15. The van der Waals surface area contributed by atoms with Gasteiger partial charge in [-0.3, -0.25) is 4.79 Å². The maximum absolute atomic E-state index is 13.2. The molecule has 0 atom stereocenters. The minimum Gasteiger partial charge on any atom is -0.267 e. The van der Waals surface area contributed by atoms with Crippen LogP contribution in [0.5, 0.6) is 0 Å². The number of benzene rings is 1. The Morgan fingerprint density at radius 1 is 1.36 bits per heavy atom. The van der Waals surface area contributed by atoms with Crippen molar-refractivity contribution in [1.82, 2.24) is 9.78 Å². The molecule has 0 saturated heterocycles. The zero-order valence-electron chi connectivity index (χ0n) is 7.29. The highest BCUT2D eigenvalue weighted by molar-refractivity contribution is 5.81. The van der Waals surface area contributed by atoms with E-state index in [1.807, 2.05) is 0 Å². The molecule has 72 valence electrons. The topological polar surface area (TPSA) is 34.9 Å². The lowest BCUT2D eigenvalue weighted by Crippen LogP contribution is -2.20. The molecular formula is C9H6F2N2O. The van der Waals surface area contributed by atoms with Crippen LogP contribution in [0.25, 0.3) is 10.8 Å². The summed E-state index contributed by atoms with van der Waals surface area (Å²) in [5.41, 5.74) is -0.639. The first-order valence-corrected chi connectivity index (χ1v) is 3.91. The normalized spacial score (nSPS) is 10.8. The summed E-state index contributed by atoms with van der Waals surface area (Å²) in [6.07, 6.45) is 1.32. The lowest BCUT2D eigenvalue weighted by atomic mass is 10.2. The Bertz CT molecular complexity index is 557. The van der Waals surface area contributed by atoms with Gasteiger partial charge in [-0.2, -0.15) is 5.10 Å². The van der Waals surface area contributed by atoms with Crippen LogP contribution in [-0.2, 0) is 7.05 Å². The predicted octanol–water partition coefficient (Wildman–Crippen LogP) is 1.21. The number of nitrogens with zero attached hydrogens (tertiary/aromatic N) is 2. The summed E-state index contributed by atoms with van der Waals surface area (Å²) >= 11 is 0. The monoisotopic (exact) mass is 196 g/mol. The summed E-state index contributed by atoms with van der Waals surface area (Å²) in [5, 5.41) is 3.73. The second kappa shape index (κ2) is 2.87. The largest absolute Gasteiger partial charge is 0.277 e. The summed E-state index contributed by atoms with van der Waals surface area (Å²) in [6.45, 7) is 0. The van der Waals surface area contributed by atoms with Gasteiger partial charge in [-0.1, -0.05) is 0 Å². The van der Waals surface area contributed by atoms with E-state index < -0.39 is 17.2 Å². The molecule has 0 saturated carbocycles. The number of aromatic nitrogens is 2. The summed E-state index contributed by atoms with van der Waals surface area (Å²) in [7, 11) is 1.38. The van der Waals surface area contributed by atoms with E-state index in [4.69, 9.17) is 0 Å². The second-order valence-corrected chi connectivity index (χ2v) is 2.90. The van der Waals surface area contributed by atoms with Crippen molar-refractivity contribution >= 4 is 10.8 Å². The van der Waals surface area contributed by atoms with Crippen molar-refractivity contribution in [1.29, 1.82) is 0 Å². The lowest BCUT2D eigenvalue weighted by Gasteiger charge is -2.01. The van der Waals surface area contributed by atoms with Crippen molar-refractivity contribution in [3.05, 3.63) is 40.3 Å². The third-order valence-corrected chi connectivity index (χ3v) is 2.00. The van der Waals surface area contributed by atoms with Gasteiger partial charge in [-0.25, -0.2) is 13.5 Å². The highest BCUT2D eigenvalue weighted by atomic mass is 19.2. The predicted molar refractivity (Wildman–Crippen MR) is 46.9 cm³/mol. The van der Waals surface area contributed by atoms with Gasteiger partial charge in [0.1, 0.15) is 0 Å². The SMILES string of the molecule is Cn1ncc2ccc(F)c(F)c2c1=O. The van der Waals surface area contributed by atoms with E-state index in [1.165, 1.54) is 19.3 Å². The maximum atomic E-state index is 13.2. The minimum absolute atomic E-state index is 0.262. The van der Waals surface area contributed by atoms with Gasteiger partial charge >= 0.3 is 0 Å². The van der Waals surface area contributed by atoms with E-state index in [9.17, 15) is 13.6 Å². The molecule has 14 heavy (non-hydrogen) atoms. The second-order valence-electron chi connectivity index (χ2n) is 2.90. The molecule has 3 nitrogen and oxygen atoms in total. The van der Waals surface area contributed by atoms with Crippen molar-refractivity contribution < 1.29 is 8.78 Å². The molecule has 2 aromatic rings. The number of hydrogen-bond acceptors (Lipinski definition) is 2. The summed E-state index contributed by atoms with van der Waals surface area (Å²) in [6, 6.07) is 2.29. The van der Waals surface area contributed by atoms with Gasteiger partial charge in [-0.05, 0) is 12.1 Å². The smallest absolute Gasteiger partial charge is 0.267 e. The van der Waals surface area contributed by atoms with Crippen LogP contribution in [0.1, 0.15) is 0 Å². The van der Waals surface area contributed by atoms with Crippen molar-refractivity contribution in [2.75, 3.05) is 0 Å². The van der Waals surface area contributed by atoms with E-state index in [1.54, 1.807) is 0 Å². The first kappa shape index (κ1) is 8.80. The van der Waals surface area contributed by atoms with E-state index in [0.29, 0.717) is 5.39 Å². The molecule has 1 heterocycles. The van der Waals surface area contributed by atoms with Gasteiger partial charge in [0.2, 0.25) is 0 Å². The first-order valence-electron chi connectivity index (χ1n) is 3.91. The maximum Gasteiger partial charge on any atom is 0.277 e. The van der Waals surface area contributed by atoms with Crippen LogP contribution in [0.4, 0.5) is 8.78 Å². The molecule has 0 aliphatic rings. The standard InChI is InChI=1S/C9H6F2N2O/c1-13-9(14)7-5(4-12-13)2-3-6(10)8(7)11/h2-4H,1H3. The van der Waals surface area contributed by atoms with Crippen molar-refractivity contribution in [2.45, 2.75) is 0 Å². The molecular weight excluding hydrogens is 190 g/mol. The number of fused-ring (bicyclic) bond motifs is 1. The van der Waals surface area contributed by atoms with Crippen molar-refractivity contribution in [3.8, 4) is 0 Å². The molecule has 0 bridgehead atoms. The molecule has 5 heteroatoms. The molecule has 0 radical (unpaired) electrons. The van der Waals surface area contributed by atoms with Gasteiger partial charge < -0.3 is 0 Å². The number of rotatable bonds is 0. The van der Waals surface area contributed by atoms with Crippen LogP contribution in [-0.4, -0.2) is 9.78 Å². The van der Waals surface area contributed by atoms with Gasteiger partial charge in [0, 0.05) is 12.4 Å². The van der Waals surface area contributed by atoms with Gasteiger partial charge in [0.25, 0.3) is 5.56 Å². The molecule has 1 aromatic heterocycles. The third kappa shape index (κ3) is 1.09. The Balaban J connectivity index is 3.06. The summed E-state index contributed by atoms with van der Waals surface area (Å²) in [4.78, 5) is 11.4. The fraction of sp³-hybridized carbons (Fsp3) is 0.111. The third-order valence-electron chi connectivity index (χ3n) is 2.00. The first-order chi connectivity index (χ1) is 6.61.